The van der Waals surface area contributed by atoms with Gasteiger partial charge in [0.25, 0.3) is 0 Å². The van der Waals surface area contributed by atoms with Crippen LogP contribution in [-0.2, 0) is 6.54 Å². The smallest absolute Gasteiger partial charge is 0.175 e. The predicted octanol–water partition coefficient (Wildman–Crippen LogP) is 0.896. The van der Waals surface area contributed by atoms with Crippen LogP contribution < -0.4 is 5.32 Å². The van der Waals surface area contributed by atoms with Gasteiger partial charge in [-0.05, 0) is 29.0 Å². The van der Waals surface area contributed by atoms with Crippen LogP contribution in [0.15, 0.2) is 18.2 Å². The summed E-state index contributed by atoms with van der Waals surface area (Å²) >= 11 is 0. The maximum atomic E-state index is 3.97. The van der Waals surface area contributed by atoms with Crippen LogP contribution in [0.3, 0.4) is 0 Å². The molecule has 1 aliphatic rings. The highest BCUT2D eigenvalue weighted by molar-refractivity contribution is 5.66. The highest BCUT2D eigenvalue weighted by Crippen LogP contribution is 2.27. The predicted molar refractivity (Wildman–Crippen MR) is 51.2 cm³/mol. The van der Waals surface area contributed by atoms with Crippen LogP contribution in [0.2, 0.25) is 0 Å². The Bertz CT molecular complexity index is 488. The van der Waals surface area contributed by atoms with Gasteiger partial charge in [0.15, 0.2) is 5.82 Å². The van der Waals surface area contributed by atoms with Crippen LogP contribution in [0.25, 0.3) is 5.69 Å². The number of fused-ring (bicyclic) bond motifs is 3. The molecule has 1 aromatic carbocycles. The minimum atomic E-state index is 0.684. The molecule has 2 heterocycles. The number of benzene rings is 1. The van der Waals surface area contributed by atoms with E-state index >= 15 is 0 Å². The molecule has 1 N–H and O–H groups in total. The Morgan fingerprint density at radius 3 is 3.29 bits per heavy atom. The van der Waals surface area contributed by atoms with E-state index in [4.69, 9.17) is 0 Å². The second kappa shape index (κ2) is 2.54. The molecule has 1 aromatic heterocycles. The van der Waals surface area contributed by atoms with Gasteiger partial charge in [-0.2, -0.15) is 4.68 Å². The van der Waals surface area contributed by atoms with Gasteiger partial charge < -0.3 is 5.32 Å². The van der Waals surface area contributed by atoms with Crippen molar-refractivity contribution in [1.29, 1.82) is 0 Å². The van der Waals surface area contributed by atoms with Gasteiger partial charge in [-0.1, -0.05) is 12.1 Å². The van der Waals surface area contributed by atoms with Crippen molar-refractivity contribution < 1.29 is 0 Å². The number of hydrogen-bond donors (Lipinski definition) is 1. The van der Waals surface area contributed by atoms with E-state index in [1.807, 2.05) is 12.1 Å². The van der Waals surface area contributed by atoms with Crippen molar-refractivity contribution in [1.82, 2.24) is 20.2 Å². The fourth-order valence-corrected chi connectivity index (χ4v) is 1.75. The number of tetrazole rings is 1. The van der Waals surface area contributed by atoms with Crippen LogP contribution in [0, 0.1) is 6.92 Å². The number of para-hydroxylation sites is 1. The maximum absolute atomic E-state index is 3.97. The van der Waals surface area contributed by atoms with Crippen molar-refractivity contribution in [2.24, 2.45) is 0 Å². The zero-order valence-corrected chi connectivity index (χ0v) is 7.73. The number of rotatable bonds is 0. The Balaban J connectivity index is 2.34. The molecule has 14 heavy (non-hydrogen) atoms. The number of aryl methyl sites for hydroxylation is 1. The molecule has 0 spiro atoms. The van der Waals surface area contributed by atoms with Crippen molar-refractivity contribution in [3.63, 3.8) is 0 Å². The fraction of sp³-hybridized carbons (Fsp3) is 0.222. The van der Waals surface area contributed by atoms with Crippen LogP contribution in [-0.4, -0.2) is 20.2 Å². The lowest BCUT2D eigenvalue weighted by Gasteiger charge is -2.19. The van der Waals surface area contributed by atoms with Gasteiger partial charge in [-0.25, -0.2) is 0 Å². The molecule has 0 atom stereocenters. The summed E-state index contributed by atoms with van der Waals surface area (Å²) < 4.78 is 1.79. The molecule has 0 saturated carbocycles. The lowest BCUT2D eigenvalue weighted by Crippen LogP contribution is -2.17. The molecule has 0 amide bonds. The first-order chi connectivity index (χ1) is 6.86. The van der Waals surface area contributed by atoms with E-state index in [1.165, 1.54) is 5.56 Å². The quantitative estimate of drug-likeness (QED) is 0.665. The molecule has 3 rings (SSSR count). The van der Waals surface area contributed by atoms with Crippen molar-refractivity contribution in [3.05, 3.63) is 29.6 Å². The summed E-state index contributed by atoms with van der Waals surface area (Å²) in [5.41, 5.74) is 3.31. The van der Waals surface area contributed by atoms with Gasteiger partial charge in [-0.15, -0.1) is 5.10 Å². The van der Waals surface area contributed by atoms with Gasteiger partial charge in [0.05, 0.1) is 17.9 Å². The average Bonchev–Trinajstić information content (AvgIpc) is 2.65. The van der Waals surface area contributed by atoms with Crippen LogP contribution >= 0.6 is 0 Å². The number of anilines is 1. The third kappa shape index (κ3) is 0.863. The minimum Gasteiger partial charge on any atom is -0.376 e. The van der Waals surface area contributed by atoms with E-state index in [1.54, 1.807) is 4.68 Å². The van der Waals surface area contributed by atoms with Gasteiger partial charge in [0.2, 0.25) is 0 Å². The Labute approximate surface area is 80.7 Å². The highest BCUT2D eigenvalue weighted by Gasteiger charge is 2.18. The zero-order chi connectivity index (χ0) is 9.54. The topological polar surface area (TPSA) is 55.6 Å². The fourth-order valence-electron chi connectivity index (χ4n) is 1.75. The van der Waals surface area contributed by atoms with Gasteiger partial charge in [-0.3, -0.25) is 0 Å². The first kappa shape index (κ1) is 7.49. The summed E-state index contributed by atoms with van der Waals surface area (Å²) in [6.45, 7) is 2.74. The number of hydrogen-bond acceptors (Lipinski definition) is 4. The monoisotopic (exact) mass is 187 g/mol. The molecule has 0 unspecified atom stereocenters. The lowest BCUT2D eigenvalue weighted by atomic mass is 10.1. The SMILES string of the molecule is Cc1cccc2c1-n1nnnc1CN2. The molecule has 0 aliphatic carbocycles. The zero-order valence-electron chi connectivity index (χ0n) is 7.73. The molecular weight excluding hydrogens is 178 g/mol. The first-order valence-corrected chi connectivity index (χ1v) is 4.47. The molecule has 0 saturated heterocycles. The van der Waals surface area contributed by atoms with Crippen molar-refractivity contribution >= 4 is 5.69 Å². The van der Waals surface area contributed by atoms with Gasteiger partial charge in [0, 0.05) is 0 Å². The van der Waals surface area contributed by atoms with Crippen LogP contribution in [0.1, 0.15) is 11.4 Å². The van der Waals surface area contributed by atoms with E-state index in [0.717, 1.165) is 17.2 Å². The molecule has 2 aromatic rings. The summed E-state index contributed by atoms with van der Waals surface area (Å²) in [6.07, 6.45) is 0. The third-order valence-corrected chi connectivity index (χ3v) is 2.42. The first-order valence-electron chi connectivity index (χ1n) is 4.47. The molecule has 70 valence electrons. The summed E-state index contributed by atoms with van der Waals surface area (Å²) in [4.78, 5) is 0. The van der Waals surface area contributed by atoms with E-state index in [0.29, 0.717) is 6.54 Å². The van der Waals surface area contributed by atoms with Gasteiger partial charge >= 0.3 is 0 Å². The number of nitrogens with zero attached hydrogens (tertiary/aromatic N) is 4. The largest absolute Gasteiger partial charge is 0.376 e. The van der Waals surface area contributed by atoms with Gasteiger partial charge in [0.1, 0.15) is 0 Å². The molecule has 0 radical (unpaired) electrons. The Morgan fingerprint density at radius 1 is 1.43 bits per heavy atom. The van der Waals surface area contributed by atoms with Crippen molar-refractivity contribution in [2.75, 3.05) is 5.32 Å². The van der Waals surface area contributed by atoms with E-state index in [2.05, 4.69) is 33.8 Å². The second-order valence-electron chi connectivity index (χ2n) is 3.33. The summed E-state index contributed by atoms with van der Waals surface area (Å²) in [5, 5.41) is 14.9. The molecule has 5 nitrogen and oxygen atoms in total. The van der Waals surface area contributed by atoms with E-state index in [9.17, 15) is 0 Å². The van der Waals surface area contributed by atoms with E-state index < -0.39 is 0 Å². The highest BCUT2D eigenvalue weighted by atomic mass is 15.6. The number of nitrogens with one attached hydrogen (secondary N) is 1. The Morgan fingerprint density at radius 2 is 2.36 bits per heavy atom. The van der Waals surface area contributed by atoms with Crippen molar-refractivity contribution in [2.45, 2.75) is 13.5 Å². The normalized spacial score (nSPS) is 12.9. The third-order valence-electron chi connectivity index (χ3n) is 2.42. The van der Waals surface area contributed by atoms with E-state index in [-0.39, 0.29) is 0 Å². The second-order valence-corrected chi connectivity index (χ2v) is 3.33. The summed E-state index contributed by atoms with van der Waals surface area (Å²) in [5.74, 6) is 0.854. The standard InChI is InChI=1S/C9H9N5/c1-6-3-2-4-7-9(6)14-8(5-10-7)11-12-13-14/h2-4,10H,5H2,1H3. The lowest BCUT2D eigenvalue weighted by molar-refractivity contribution is 0.750. The maximum Gasteiger partial charge on any atom is 0.175 e. The van der Waals surface area contributed by atoms with Crippen LogP contribution in [0.4, 0.5) is 5.69 Å². The Hall–Kier alpha value is -1.91. The minimum absolute atomic E-state index is 0.684. The average molecular weight is 187 g/mol. The molecule has 5 heteroatoms. The molecule has 1 aliphatic heterocycles. The number of aromatic nitrogens is 4. The molecular formula is C9H9N5. The summed E-state index contributed by atoms with van der Waals surface area (Å²) in [7, 11) is 0. The molecule has 0 bridgehead atoms. The molecule has 0 fully saturated rings. The van der Waals surface area contributed by atoms with Crippen molar-refractivity contribution in [3.8, 4) is 5.69 Å². The van der Waals surface area contributed by atoms with Crippen LogP contribution in [0.5, 0.6) is 0 Å². The summed E-state index contributed by atoms with van der Waals surface area (Å²) in [6, 6.07) is 6.11. The Kier molecular flexibility index (Phi) is 1.36.